The van der Waals surface area contributed by atoms with Crippen LogP contribution in [0.25, 0.3) is 0 Å². The minimum Gasteiger partial charge on any atom is -0.448 e. The first-order chi connectivity index (χ1) is 16.3. The van der Waals surface area contributed by atoms with Crippen molar-refractivity contribution in [3.05, 3.63) is 12.2 Å². The predicted molar refractivity (Wildman–Crippen MR) is 135 cm³/mol. The molecular weight excluding hydrogens is 564 g/mol. The second kappa shape index (κ2) is 14.0. The Balaban J connectivity index is 2.43. The second-order valence-corrected chi connectivity index (χ2v) is 15.4. The third-order valence-electron chi connectivity index (χ3n) is 5.49. The molecule has 20 heteroatoms. The van der Waals surface area contributed by atoms with Crippen LogP contribution >= 0.6 is 23.2 Å². The molecule has 0 radical (unpaired) electrons. The number of hydrogen-bond acceptors (Lipinski definition) is 11. The molecule has 1 rings (SSSR count). The number of rotatable bonds is 15. The van der Waals surface area contributed by atoms with Gasteiger partial charge in [0.05, 0.1) is 12.5 Å². The molecule has 1 fully saturated rings. The lowest BCUT2D eigenvalue weighted by atomic mass is 9.60. The molecule has 1 aliphatic carbocycles. The molecule has 36 heavy (non-hydrogen) atoms. The number of ether oxygens (including phenoxy) is 1. The highest BCUT2D eigenvalue weighted by Gasteiger charge is 2.40. The molecule has 1 amide bonds. The van der Waals surface area contributed by atoms with Crippen molar-refractivity contribution in [3.63, 3.8) is 0 Å². The summed E-state index contributed by atoms with van der Waals surface area (Å²) in [5.74, 6) is 2.03. The summed E-state index contributed by atoms with van der Waals surface area (Å²) in [5, 5.41) is 5.08. The van der Waals surface area contributed by atoms with E-state index in [-0.39, 0.29) is 49.2 Å². The number of carbonyl (C=O) groups is 1. The number of amides is 1. The monoisotopic (exact) mass is 598 g/mol. The van der Waals surface area contributed by atoms with E-state index < -0.39 is 39.1 Å². The maximum atomic E-state index is 11.6. The van der Waals surface area contributed by atoms with Gasteiger partial charge in [0.1, 0.15) is 6.61 Å². The minimum absolute atomic E-state index is 0.00375. The largest absolute Gasteiger partial charge is 0.487 e. The van der Waals surface area contributed by atoms with Crippen LogP contribution in [0.2, 0.25) is 5.82 Å². The number of phosphoric acid groups is 2. The molecule has 1 aliphatic rings. The van der Waals surface area contributed by atoms with Gasteiger partial charge in [-0.15, -0.1) is 5.98 Å². The van der Waals surface area contributed by atoms with E-state index in [4.69, 9.17) is 19.0 Å². The van der Waals surface area contributed by atoms with Crippen LogP contribution in [0.1, 0.15) is 20.3 Å². The van der Waals surface area contributed by atoms with Gasteiger partial charge in [-0.1, -0.05) is 26.1 Å². The topological polar surface area (TPSA) is 227 Å². The summed E-state index contributed by atoms with van der Waals surface area (Å²) >= 11 is 0. The average Bonchev–Trinajstić information content (AvgIpc) is 2.93. The van der Waals surface area contributed by atoms with Crippen molar-refractivity contribution >= 4 is 52.7 Å². The van der Waals surface area contributed by atoms with Gasteiger partial charge in [0.2, 0.25) is 0 Å². The Hall–Kier alpha value is -0.535. The molecule has 0 heterocycles. The molecule has 0 spiro atoms. The summed E-state index contributed by atoms with van der Waals surface area (Å²) in [4.78, 5) is 48.4. The van der Waals surface area contributed by atoms with Gasteiger partial charge < -0.3 is 34.2 Å². The van der Waals surface area contributed by atoms with Crippen molar-refractivity contribution in [2.45, 2.75) is 26.1 Å². The van der Waals surface area contributed by atoms with Gasteiger partial charge in [0.25, 0.3) is 7.57 Å². The van der Waals surface area contributed by atoms with E-state index in [1.165, 1.54) is 6.20 Å². The summed E-state index contributed by atoms with van der Waals surface area (Å²) in [6.45, 7) is 4.12. The molecule has 6 unspecified atom stereocenters. The van der Waals surface area contributed by atoms with Gasteiger partial charge in [0.15, 0.2) is 17.1 Å². The summed E-state index contributed by atoms with van der Waals surface area (Å²) in [7, 11) is -17.4. The predicted octanol–water partition coefficient (Wildman–Crippen LogP) is 0.722. The van der Waals surface area contributed by atoms with Crippen molar-refractivity contribution in [2.75, 3.05) is 31.9 Å². The molecule has 0 aromatic heterocycles. The minimum atomic E-state index is -5.35. The fourth-order valence-electron chi connectivity index (χ4n) is 3.64. The SMILES string of the molecule is C=P(O)(OCC1CC(B/C=C/NC(=O)OCCNCS(C)(=O)=O)C(C)C1C)OP(=O)(O)OP(=O)(O)O. The summed E-state index contributed by atoms with van der Waals surface area (Å²) in [6.07, 6.45) is 5.70. The van der Waals surface area contributed by atoms with E-state index in [9.17, 15) is 32.1 Å². The normalized spacial score (nSPS) is 26.3. The number of nitrogens with one attached hydrogen (secondary N) is 2. The summed E-state index contributed by atoms with van der Waals surface area (Å²) < 4.78 is 62.4. The van der Waals surface area contributed by atoms with Gasteiger partial charge in [-0.2, -0.15) is 4.31 Å². The van der Waals surface area contributed by atoms with Crippen LogP contribution in [-0.4, -0.2) is 79.6 Å². The molecular formula is C16H34BN2O13P3S. The first-order valence-electron chi connectivity index (χ1n) is 10.7. The highest BCUT2D eigenvalue weighted by molar-refractivity contribution is 7.90. The highest BCUT2D eigenvalue weighted by Crippen LogP contribution is 2.66. The zero-order valence-electron chi connectivity index (χ0n) is 20.1. The first-order valence-corrected chi connectivity index (χ1v) is 17.5. The molecule has 15 nitrogen and oxygen atoms in total. The molecule has 0 saturated heterocycles. The van der Waals surface area contributed by atoms with E-state index in [2.05, 4.69) is 25.6 Å². The van der Waals surface area contributed by atoms with Crippen molar-refractivity contribution in [3.8, 4) is 0 Å². The lowest BCUT2D eigenvalue weighted by Gasteiger charge is -2.24. The molecule has 6 N–H and O–H groups in total. The molecule has 0 bridgehead atoms. The standard InChI is InChI=1S/C16H34BN2O13P3S/c1-12-13(2)15(17-5-6-19-16(20)29-8-7-18-11-36(4,27)28)9-14(12)10-30-33(3,21)31-35(25,26)32-34(22,23)24/h5-6,12-15,17-18,21H,3,7-11H2,1-2,4H3,(H,19,20)(H,25,26)(H2,22,23,24)/b6-5+. The van der Waals surface area contributed by atoms with Crippen molar-refractivity contribution < 1.29 is 59.8 Å². The van der Waals surface area contributed by atoms with Gasteiger partial charge >= 0.3 is 21.7 Å². The Morgan fingerprint density at radius 1 is 1.17 bits per heavy atom. The number of alkyl carbamates (subject to hydrolysis) is 1. The van der Waals surface area contributed by atoms with Crippen molar-refractivity contribution in [1.29, 1.82) is 0 Å². The third-order valence-corrected chi connectivity index (χ3v) is 10.3. The Labute approximate surface area is 211 Å². The van der Waals surface area contributed by atoms with Crippen LogP contribution in [-0.2, 0) is 36.8 Å². The first kappa shape index (κ1) is 33.5. The highest BCUT2D eigenvalue weighted by atomic mass is 32.2. The third kappa shape index (κ3) is 14.4. The quantitative estimate of drug-likeness (QED) is 0.0868. The fraction of sp³-hybridized carbons (Fsp3) is 0.750. The number of hydrogen-bond donors (Lipinski definition) is 6. The van der Waals surface area contributed by atoms with Crippen molar-refractivity contribution in [2.24, 2.45) is 17.8 Å². The second-order valence-electron chi connectivity index (χ2n) is 8.52. The number of sulfone groups is 1. The number of carbonyl (C=O) groups excluding carboxylic acids is 1. The van der Waals surface area contributed by atoms with E-state index in [0.29, 0.717) is 13.7 Å². The molecule has 6 atom stereocenters. The lowest BCUT2D eigenvalue weighted by Crippen LogP contribution is -2.28. The molecule has 210 valence electrons. The van der Waals surface area contributed by atoms with Crippen LogP contribution in [0.15, 0.2) is 12.2 Å². The van der Waals surface area contributed by atoms with Gasteiger partial charge in [-0.25, -0.2) is 26.7 Å². The average molecular weight is 598 g/mol. The van der Waals surface area contributed by atoms with Crippen molar-refractivity contribution in [1.82, 2.24) is 10.6 Å². The van der Waals surface area contributed by atoms with Crippen LogP contribution in [0.5, 0.6) is 0 Å². The van der Waals surface area contributed by atoms with E-state index in [1.807, 2.05) is 13.8 Å². The summed E-state index contributed by atoms with van der Waals surface area (Å²) in [5.41, 5.74) is 0. The van der Waals surface area contributed by atoms with Crippen LogP contribution in [0, 0.1) is 17.8 Å². The Morgan fingerprint density at radius 2 is 1.81 bits per heavy atom. The van der Waals surface area contributed by atoms with Crippen LogP contribution in [0.3, 0.4) is 0 Å². The fourth-order valence-corrected chi connectivity index (χ4v) is 7.52. The van der Waals surface area contributed by atoms with E-state index in [0.717, 1.165) is 6.26 Å². The van der Waals surface area contributed by atoms with Crippen LogP contribution in [0.4, 0.5) is 4.79 Å². The molecule has 1 saturated carbocycles. The smallest absolute Gasteiger partial charge is 0.448 e. The Bertz CT molecular complexity index is 1020. The summed E-state index contributed by atoms with van der Waals surface area (Å²) in [6, 6.07) is 0. The zero-order chi connectivity index (χ0) is 27.8. The Kier molecular flexibility index (Phi) is 13.0. The Morgan fingerprint density at radius 3 is 2.39 bits per heavy atom. The maximum absolute atomic E-state index is 11.6. The molecule has 0 aromatic carbocycles. The van der Waals surface area contributed by atoms with Crippen LogP contribution < -0.4 is 10.6 Å². The van der Waals surface area contributed by atoms with Gasteiger partial charge in [-0.05, 0) is 30.3 Å². The maximum Gasteiger partial charge on any atom is 0.487 e. The van der Waals surface area contributed by atoms with E-state index >= 15 is 0 Å². The molecule has 0 aliphatic heterocycles. The van der Waals surface area contributed by atoms with Gasteiger partial charge in [0, 0.05) is 12.8 Å². The molecule has 0 aromatic rings. The van der Waals surface area contributed by atoms with E-state index in [1.54, 1.807) is 5.98 Å². The van der Waals surface area contributed by atoms with Gasteiger partial charge in [-0.3, -0.25) is 5.32 Å². The zero-order valence-corrected chi connectivity index (χ0v) is 23.6. The lowest BCUT2D eigenvalue weighted by molar-refractivity contribution is 0.151.